The van der Waals surface area contributed by atoms with Crippen LogP contribution in [-0.4, -0.2) is 39.2 Å². The van der Waals surface area contributed by atoms with Crippen LogP contribution in [0.2, 0.25) is 0 Å². The van der Waals surface area contributed by atoms with E-state index in [4.69, 9.17) is 5.11 Å². The number of aliphatic hydroxyl groups excluding tert-OH is 1. The average Bonchev–Trinajstić information content (AvgIpc) is 2.67. The van der Waals surface area contributed by atoms with Gasteiger partial charge in [-0.25, -0.2) is 4.98 Å². The summed E-state index contributed by atoms with van der Waals surface area (Å²) in [7, 11) is 0. The molecule has 0 atom stereocenters. The Balaban J connectivity index is 2.44. The molecule has 80 valence electrons. The van der Waals surface area contributed by atoms with E-state index in [0.717, 1.165) is 31.9 Å². The average molecular weight is 197 g/mol. The first-order valence-corrected chi connectivity index (χ1v) is 5.14. The van der Waals surface area contributed by atoms with Gasteiger partial charge in [0.15, 0.2) is 0 Å². The van der Waals surface area contributed by atoms with E-state index >= 15 is 0 Å². The zero-order valence-electron chi connectivity index (χ0n) is 8.98. The number of hydrogen-bond acceptors (Lipinski definition) is 3. The van der Waals surface area contributed by atoms with E-state index < -0.39 is 0 Å². The Morgan fingerprint density at radius 1 is 1.43 bits per heavy atom. The number of rotatable bonds is 6. The second kappa shape index (κ2) is 5.78. The molecule has 0 aromatic carbocycles. The Bertz CT molecular complexity index is 256. The molecule has 14 heavy (non-hydrogen) atoms. The highest BCUT2D eigenvalue weighted by molar-refractivity contribution is 4.95. The van der Waals surface area contributed by atoms with Crippen LogP contribution in [0.3, 0.4) is 0 Å². The third-order valence-corrected chi connectivity index (χ3v) is 2.51. The van der Waals surface area contributed by atoms with Crippen molar-refractivity contribution in [1.82, 2.24) is 14.5 Å². The number of aliphatic hydroxyl groups is 1. The van der Waals surface area contributed by atoms with Crippen LogP contribution in [0.15, 0.2) is 12.5 Å². The second-order valence-corrected chi connectivity index (χ2v) is 3.26. The van der Waals surface area contributed by atoms with Gasteiger partial charge in [0, 0.05) is 13.1 Å². The highest BCUT2D eigenvalue weighted by atomic mass is 16.3. The highest BCUT2D eigenvalue weighted by Crippen LogP contribution is 1.99. The van der Waals surface area contributed by atoms with Gasteiger partial charge in [-0.05, 0) is 13.1 Å². The molecule has 1 N–H and O–H groups in total. The maximum atomic E-state index is 9.01. The molecular formula is C10H19N3O. The van der Waals surface area contributed by atoms with Gasteiger partial charge in [-0.2, -0.15) is 0 Å². The zero-order valence-corrected chi connectivity index (χ0v) is 8.98. The topological polar surface area (TPSA) is 41.3 Å². The zero-order chi connectivity index (χ0) is 10.4. The number of imidazole rings is 1. The number of likely N-dealkylation sites (N-methyl/N-ethyl adjacent to an activating group) is 1. The predicted octanol–water partition coefficient (Wildman–Crippen LogP) is 0.717. The summed E-state index contributed by atoms with van der Waals surface area (Å²) >= 11 is 0. The van der Waals surface area contributed by atoms with E-state index in [0.29, 0.717) is 0 Å². The molecule has 1 heterocycles. The SMILES string of the molecule is CCN(CC)CCn1cncc1CO. The predicted molar refractivity (Wildman–Crippen MR) is 55.9 cm³/mol. The lowest BCUT2D eigenvalue weighted by Gasteiger charge is -2.18. The fourth-order valence-corrected chi connectivity index (χ4v) is 1.47. The van der Waals surface area contributed by atoms with Crippen molar-refractivity contribution >= 4 is 0 Å². The summed E-state index contributed by atoms with van der Waals surface area (Å²) in [6.07, 6.45) is 3.48. The van der Waals surface area contributed by atoms with Crippen LogP contribution in [0.4, 0.5) is 0 Å². The fourth-order valence-electron chi connectivity index (χ4n) is 1.47. The van der Waals surface area contributed by atoms with Crippen LogP contribution in [0, 0.1) is 0 Å². The molecule has 1 aromatic heterocycles. The second-order valence-electron chi connectivity index (χ2n) is 3.26. The van der Waals surface area contributed by atoms with Crippen molar-refractivity contribution in [2.45, 2.75) is 27.0 Å². The van der Waals surface area contributed by atoms with Gasteiger partial charge in [-0.1, -0.05) is 13.8 Å². The molecule has 0 spiro atoms. The lowest BCUT2D eigenvalue weighted by Crippen LogP contribution is -2.27. The Kier molecular flexibility index (Phi) is 4.62. The van der Waals surface area contributed by atoms with Crippen LogP contribution < -0.4 is 0 Å². The molecule has 0 aliphatic rings. The van der Waals surface area contributed by atoms with Crippen molar-refractivity contribution < 1.29 is 5.11 Å². The van der Waals surface area contributed by atoms with Gasteiger partial charge in [-0.15, -0.1) is 0 Å². The van der Waals surface area contributed by atoms with E-state index in [1.807, 2.05) is 4.57 Å². The van der Waals surface area contributed by atoms with Gasteiger partial charge < -0.3 is 14.6 Å². The van der Waals surface area contributed by atoms with E-state index in [1.165, 1.54) is 0 Å². The summed E-state index contributed by atoms with van der Waals surface area (Å²) < 4.78 is 2.00. The minimum absolute atomic E-state index is 0.0677. The molecule has 0 aliphatic heterocycles. The van der Waals surface area contributed by atoms with Crippen LogP contribution in [-0.2, 0) is 13.2 Å². The monoisotopic (exact) mass is 197 g/mol. The Morgan fingerprint density at radius 3 is 2.71 bits per heavy atom. The minimum atomic E-state index is 0.0677. The summed E-state index contributed by atoms with van der Waals surface area (Å²) in [6.45, 7) is 8.43. The lowest BCUT2D eigenvalue weighted by atomic mass is 10.4. The van der Waals surface area contributed by atoms with Crippen molar-refractivity contribution in [3.63, 3.8) is 0 Å². The Labute approximate surface area is 85.2 Å². The Morgan fingerprint density at radius 2 is 2.14 bits per heavy atom. The molecular weight excluding hydrogens is 178 g/mol. The van der Waals surface area contributed by atoms with Gasteiger partial charge >= 0.3 is 0 Å². The van der Waals surface area contributed by atoms with E-state index in [-0.39, 0.29) is 6.61 Å². The number of nitrogens with zero attached hydrogens (tertiary/aromatic N) is 3. The maximum absolute atomic E-state index is 9.01. The van der Waals surface area contributed by atoms with Gasteiger partial charge in [-0.3, -0.25) is 0 Å². The molecule has 0 fully saturated rings. The third kappa shape index (κ3) is 2.82. The quantitative estimate of drug-likeness (QED) is 0.730. The number of hydrogen-bond donors (Lipinski definition) is 1. The highest BCUT2D eigenvalue weighted by Gasteiger charge is 2.02. The molecule has 0 unspecified atom stereocenters. The summed E-state index contributed by atoms with van der Waals surface area (Å²) in [6, 6.07) is 0. The van der Waals surface area contributed by atoms with E-state index in [1.54, 1.807) is 12.5 Å². The third-order valence-electron chi connectivity index (χ3n) is 2.51. The van der Waals surface area contributed by atoms with Crippen molar-refractivity contribution in [3.05, 3.63) is 18.2 Å². The Hall–Kier alpha value is -0.870. The smallest absolute Gasteiger partial charge is 0.0949 e. The summed E-state index contributed by atoms with van der Waals surface area (Å²) in [4.78, 5) is 6.36. The minimum Gasteiger partial charge on any atom is -0.390 e. The molecule has 0 saturated carbocycles. The van der Waals surface area contributed by atoms with Crippen molar-refractivity contribution in [2.24, 2.45) is 0 Å². The number of aromatic nitrogens is 2. The molecule has 0 bridgehead atoms. The van der Waals surface area contributed by atoms with Crippen molar-refractivity contribution in [3.8, 4) is 0 Å². The lowest BCUT2D eigenvalue weighted by molar-refractivity contribution is 0.259. The van der Waals surface area contributed by atoms with Crippen LogP contribution in [0.25, 0.3) is 0 Å². The summed E-state index contributed by atoms with van der Waals surface area (Å²) in [5.41, 5.74) is 0.886. The molecule has 0 saturated heterocycles. The van der Waals surface area contributed by atoms with Gasteiger partial charge in [0.1, 0.15) is 0 Å². The van der Waals surface area contributed by atoms with Crippen molar-refractivity contribution in [1.29, 1.82) is 0 Å². The molecule has 1 aromatic rings. The van der Waals surface area contributed by atoms with E-state index in [2.05, 4.69) is 23.7 Å². The molecule has 4 heteroatoms. The van der Waals surface area contributed by atoms with Crippen LogP contribution in [0.5, 0.6) is 0 Å². The van der Waals surface area contributed by atoms with E-state index in [9.17, 15) is 0 Å². The molecule has 0 amide bonds. The van der Waals surface area contributed by atoms with Crippen LogP contribution in [0.1, 0.15) is 19.5 Å². The summed E-state index contributed by atoms with van der Waals surface area (Å²) in [5.74, 6) is 0. The normalized spacial score (nSPS) is 11.1. The molecule has 0 radical (unpaired) electrons. The van der Waals surface area contributed by atoms with Crippen molar-refractivity contribution in [2.75, 3.05) is 19.6 Å². The van der Waals surface area contributed by atoms with Gasteiger partial charge in [0.25, 0.3) is 0 Å². The molecule has 0 aliphatic carbocycles. The fraction of sp³-hybridized carbons (Fsp3) is 0.700. The largest absolute Gasteiger partial charge is 0.390 e. The molecule has 1 rings (SSSR count). The standard InChI is InChI=1S/C10H19N3O/c1-3-12(4-2)5-6-13-9-11-7-10(13)8-14/h7,9,14H,3-6,8H2,1-2H3. The van der Waals surface area contributed by atoms with Crippen LogP contribution >= 0.6 is 0 Å². The van der Waals surface area contributed by atoms with Gasteiger partial charge in [0.2, 0.25) is 0 Å². The maximum Gasteiger partial charge on any atom is 0.0949 e. The van der Waals surface area contributed by atoms with Gasteiger partial charge in [0.05, 0.1) is 24.8 Å². The first-order valence-electron chi connectivity index (χ1n) is 5.14. The first-order chi connectivity index (χ1) is 6.81. The summed E-state index contributed by atoms with van der Waals surface area (Å²) in [5, 5.41) is 9.01. The first kappa shape index (κ1) is 11.2. The molecule has 4 nitrogen and oxygen atoms in total.